The Balaban J connectivity index is 6.28. The van der Waals surface area contributed by atoms with E-state index in [-0.39, 0.29) is 38.8 Å². The van der Waals surface area contributed by atoms with Crippen molar-refractivity contribution in [3.8, 4) is 0 Å². The molecule has 0 fully saturated rings. The van der Waals surface area contributed by atoms with Crippen molar-refractivity contribution in [3.63, 3.8) is 0 Å². The predicted octanol–water partition coefficient (Wildman–Crippen LogP) is -2.93. The number of hydrogen-bond donors (Lipinski definition) is 13. The van der Waals surface area contributed by atoms with Crippen molar-refractivity contribution >= 4 is 47.4 Å². The lowest BCUT2D eigenvalue weighted by atomic mass is 10.0. The van der Waals surface area contributed by atoms with Crippen molar-refractivity contribution in [2.24, 2.45) is 28.7 Å². The van der Waals surface area contributed by atoms with Crippen LogP contribution in [0.3, 0.4) is 0 Å². The van der Waals surface area contributed by atoms with Gasteiger partial charge in [0, 0.05) is 12.8 Å². The molecule has 18 N–H and O–H groups in total. The molecule has 0 aliphatic heterocycles. The number of aliphatic carboxylic acids is 3. The highest BCUT2D eigenvalue weighted by atomic mass is 16.4. The average molecular weight is 789 g/mol. The highest BCUT2D eigenvalue weighted by Gasteiger charge is 2.33. The van der Waals surface area contributed by atoms with E-state index in [1.54, 1.807) is 0 Å². The van der Waals surface area contributed by atoms with Crippen LogP contribution in [-0.2, 0) is 38.4 Å². The molecule has 0 heterocycles. The summed E-state index contributed by atoms with van der Waals surface area (Å²) in [5.41, 5.74) is 28.4. The lowest BCUT2D eigenvalue weighted by Gasteiger charge is -2.27. The van der Waals surface area contributed by atoms with Gasteiger partial charge in [0.25, 0.3) is 0 Å². The molecule has 0 rings (SSSR count). The summed E-state index contributed by atoms with van der Waals surface area (Å²) >= 11 is 0. The molecule has 0 aromatic carbocycles. The Labute approximate surface area is 321 Å². The molecule has 0 unspecified atom stereocenters. The molecule has 0 radical (unpaired) electrons. The van der Waals surface area contributed by atoms with Crippen molar-refractivity contribution in [2.45, 2.75) is 139 Å². The van der Waals surface area contributed by atoms with Gasteiger partial charge in [0.05, 0.1) is 6.04 Å². The molecule has 6 atom stereocenters. The summed E-state index contributed by atoms with van der Waals surface area (Å²) in [5, 5.41) is 40.4. The summed E-state index contributed by atoms with van der Waals surface area (Å²) in [6.07, 6.45) is 2.36. The van der Waals surface area contributed by atoms with E-state index in [2.05, 4.69) is 26.6 Å². The van der Waals surface area contributed by atoms with Crippen molar-refractivity contribution in [2.75, 3.05) is 26.2 Å². The largest absolute Gasteiger partial charge is 0.481 e. The first kappa shape index (κ1) is 50.6. The number of carboxylic acids is 3. The van der Waals surface area contributed by atoms with E-state index in [4.69, 9.17) is 33.8 Å². The van der Waals surface area contributed by atoms with Crippen LogP contribution in [0.2, 0.25) is 0 Å². The minimum atomic E-state index is -1.56. The highest BCUT2D eigenvalue weighted by molar-refractivity contribution is 5.96. The zero-order valence-electron chi connectivity index (χ0n) is 31.6. The Bertz CT molecular complexity index is 1230. The van der Waals surface area contributed by atoms with Crippen LogP contribution >= 0.6 is 0 Å². The number of hydrogen-bond acceptors (Lipinski definition) is 13. The summed E-state index contributed by atoms with van der Waals surface area (Å²) < 4.78 is 0. The van der Waals surface area contributed by atoms with E-state index in [9.17, 15) is 48.6 Å². The van der Waals surface area contributed by atoms with Crippen LogP contribution in [0.15, 0.2) is 0 Å². The van der Waals surface area contributed by atoms with E-state index in [0.717, 1.165) is 0 Å². The van der Waals surface area contributed by atoms with Gasteiger partial charge in [-0.2, -0.15) is 0 Å². The third kappa shape index (κ3) is 23.2. The summed E-state index contributed by atoms with van der Waals surface area (Å²) in [7, 11) is 0. The smallest absolute Gasteiger partial charge is 0.326 e. The number of carboxylic acid groups (broad SMARTS) is 3. The third-order valence-electron chi connectivity index (χ3n) is 8.59. The normalized spacial score (nSPS) is 14.3. The lowest BCUT2D eigenvalue weighted by Crippen LogP contribution is -2.59. The van der Waals surface area contributed by atoms with Crippen LogP contribution in [0.4, 0.5) is 0 Å². The second kappa shape index (κ2) is 29.9. The van der Waals surface area contributed by atoms with E-state index >= 15 is 0 Å². The zero-order chi connectivity index (χ0) is 41.8. The molecule has 5 amide bonds. The first-order chi connectivity index (χ1) is 26.1. The van der Waals surface area contributed by atoms with Gasteiger partial charge in [0.15, 0.2) is 0 Å². The number of nitrogens with one attached hydrogen (secondary N) is 5. The van der Waals surface area contributed by atoms with Crippen LogP contribution in [0, 0.1) is 0 Å². The Morgan fingerprint density at radius 2 is 0.655 bits per heavy atom. The van der Waals surface area contributed by atoms with Crippen LogP contribution in [0.5, 0.6) is 0 Å². The maximum Gasteiger partial charge on any atom is 0.326 e. The standard InChI is InChI=1S/C34H64N10O11/c35-17-5-1-9-21(39)29(49)40-22(10-2-6-18-36)30(50)43-25(13-15-27(45)46)33(53)42-23(11-3-7-19-37)31(51)41-24(12-4-8-20-38)32(52)44-26(34(54)55)14-16-28(47)48/h21-26H,1-20,35-39H2,(H,40,49)(H,41,51)(H,42,53)(H,43,50)(H,44,52)(H,45,46)(H,47,48)(H,54,55)/t21-,22-,23-,24-,25-,26-/m0/s1. The van der Waals surface area contributed by atoms with Gasteiger partial charge in [-0.05, 0) is 110 Å². The maximum atomic E-state index is 13.7. The topological polar surface area (TPSA) is 387 Å². The Morgan fingerprint density at radius 3 is 0.964 bits per heavy atom. The van der Waals surface area contributed by atoms with Gasteiger partial charge in [0.1, 0.15) is 30.2 Å². The molecule has 0 bridgehead atoms. The molecule has 0 aliphatic carbocycles. The van der Waals surface area contributed by atoms with Crippen LogP contribution < -0.4 is 55.3 Å². The van der Waals surface area contributed by atoms with Gasteiger partial charge in [-0.25, -0.2) is 4.79 Å². The summed E-state index contributed by atoms with van der Waals surface area (Å²) in [4.78, 5) is 101. The van der Waals surface area contributed by atoms with Gasteiger partial charge < -0.3 is 70.6 Å². The van der Waals surface area contributed by atoms with Crippen molar-refractivity contribution < 1.29 is 53.7 Å². The minimum Gasteiger partial charge on any atom is -0.481 e. The fourth-order valence-electron chi connectivity index (χ4n) is 5.35. The Kier molecular flexibility index (Phi) is 27.4. The molecule has 21 heteroatoms. The summed E-state index contributed by atoms with van der Waals surface area (Å²) in [6.45, 7) is 1.25. The average Bonchev–Trinajstić information content (AvgIpc) is 3.13. The molecule has 0 saturated carbocycles. The van der Waals surface area contributed by atoms with Crippen LogP contribution in [0.25, 0.3) is 0 Å². The minimum absolute atomic E-state index is 0.0156. The molecule has 0 aromatic rings. The van der Waals surface area contributed by atoms with Crippen molar-refractivity contribution in [1.82, 2.24) is 26.6 Å². The fraction of sp³-hybridized carbons (Fsp3) is 0.765. The molecule has 21 nitrogen and oxygen atoms in total. The molecule has 0 aliphatic rings. The van der Waals surface area contributed by atoms with Gasteiger partial charge >= 0.3 is 17.9 Å². The predicted molar refractivity (Wildman–Crippen MR) is 201 cm³/mol. The number of carbonyl (C=O) groups excluding carboxylic acids is 5. The molecule has 0 saturated heterocycles. The second-order valence-corrected chi connectivity index (χ2v) is 13.3. The quantitative estimate of drug-likeness (QED) is 0.0296. The monoisotopic (exact) mass is 788 g/mol. The first-order valence-corrected chi connectivity index (χ1v) is 18.9. The third-order valence-corrected chi connectivity index (χ3v) is 8.59. The maximum absolute atomic E-state index is 13.7. The van der Waals surface area contributed by atoms with Gasteiger partial charge in [-0.3, -0.25) is 33.6 Å². The van der Waals surface area contributed by atoms with E-state index in [1.165, 1.54) is 0 Å². The zero-order valence-corrected chi connectivity index (χ0v) is 31.6. The van der Waals surface area contributed by atoms with Crippen LogP contribution in [0.1, 0.15) is 103 Å². The summed E-state index contributed by atoms with van der Waals surface area (Å²) in [5.74, 6) is -8.07. The summed E-state index contributed by atoms with van der Waals surface area (Å²) in [6, 6.07) is -7.75. The number of nitrogens with two attached hydrogens (primary N) is 5. The molecular formula is C34H64N10O11. The van der Waals surface area contributed by atoms with Gasteiger partial charge in [0.2, 0.25) is 29.5 Å². The Morgan fingerprint density at radius 1 is 0.382 bits per heavy atom. The molecule has 316 valence electrons. The SMILES string of the molecule is NCCCC[C@H](NC(=O)[C@H](CCCCN)NC(=O)[C@H](CCC(=O)O)NC(=O)[C@H](CCCCN)NC(=O)[C@@H](N)CCCCN)C(=O)N[C@@H](CCC(=O)O)C(=O)O. The second-order valence-electron chi connectivity index (χ2n) is 13.3. The van der Waals surface area contributed by atoms with E-state index in [1.807, 2.05) is 0 Å². The molecule has 0 spiro atoms. The Hall–Kier alpha value is -4.44. The lowest BCUT2D eigenvalue weighted by molar-refractivity contribution is -0.143. The number of rotatable bonds is 33. The van der Waals surface area contributed by atoms with Gasteiger partial charge in [-0.1, -0.05) is 6.42 Å². The van der Waals surface area contributed by atoms with E-state index in [0.29, 0.717) is 70.9 Å². The molecule has 0 aromatic heterocycles. The van der Waals surface area contributed by atoms with Crippen molar-refractivity contribution in [3.05, 3.63) is 0 Å². The van der Waals surface area contributed by atoms with Crippen LogP contribution in [-0.4, -0.2) is 125 Å². The molecular weight excluding hydrogens is 724 g/mol. The van der Waals surface area contributed by atoms with Crippen molar-refractivity contribution in [1.29, 1.82) is 0 Å². The molecule has 55 heavy (non-hydrogen) atoms. The van der Waals surface area contributed by atoms with Gasteiger partial charge in [-0.15, -0.1) is 0 Å². The highest BCUT2D eigenvalue weighted by Crippen LogP contribution is 2.10. The number of unbranched alkanes of at least 4 members (excludes halogenated alkanes) is 4. The van der Waals surface area contributed by atoms with E-state index < -0.39 is 103 Å². The number of amides is 5. The fourth-order valence-corrected chi connectivity index (χ4v) is 5.35. The number of carbonyl (C=O) groups is 8. The first-order valence-electron chi connectivity index (χ1n) is 18.9.